The summed E-state index contributed by atoms with van der Waals surface area (Å²) in [4.78, 5) is 9.91. The highest BCUT2D eigenvalue weighted by Crippen LogP contribution is 2.30. The van der Waals surface area contributed by atoms with Crippen LogP contribution in [-0.4, -0.2) is 39.7 Å². The first-order chi connectivity index (χ1) is 4.25. The Morgan fingerprint density at radius 3 is 2.56 bits per heavy atom. The molecular formula is C5H8O3S. The van der Waals surface area contributed by atoms with Crippen LogP contribution in [0.3, 0.4) is 0 Å². The van der Waals surface area contributed by atoms with Crippen molar-refractivity contribution in [2.75, 3.05) is 5.75 Å². The fraction of sp³-hybridized carbons (Fsp3) is 0.800. The third kappa shape index (κ3) is 1.26. The van der Waals surface area contributed by atoms with E-state index in [9.17, 15) is 4.79 Å². The van der Waals surface area contributed by atoms with Crippen LogP contribution in [0.1, 0.15) is 0 Å². The minimum Gasteiger partial charge on any atom is -0.391 e. The van der Waals surface area contributed by atoms with E-state index in [1.54, 1.807) is 0 Å². The highest BCUT2D eigenvalue weighted by molar-refractivity contribution is 8.01. The number of aldehydes is 1. The SMILES string of the molecule is O=CC(O)C1SCC1O. The van der Waals surface area contributed by atoms with Crippen LogP contribution >= 0.6 is 11.8 Å². The molecule has 0 saturated carbocycles. The van der Waals surface area contributed by atoms with Crippen LogP contribution in [0.25, 0.3) is 0 Å². The topological polar surface area (TPSA) is 57.5 Å². The van der Waals surface area contributed by atoms with Crippen LogP contribution in [0.5, 0.6) is 0 Å². The zero-order valence-electron chi connectivity index (χ0n) is 4.73. The van der Waals surface area contributed by atoms with Crippen LogP contribution in [0.2, 0.25) is 0 Å². The predicted molar refractivity (Wildman–Crippen MR) is 34.3 cm³/mol. The highest BCUT2D eigenvalue weighted by Gasteiger charge is 2.35. The van der Waals surface area contributed by atoms with Crippen molar-refractivity contribution >= 4 is 18.0 Å². The zero-order chi connectivity index (χ0) is 6.85. The van der Waals surface area contributed by atoms with Gasteiger partial charge in [0.05, 0.1) is 11.4 Å². The number of hydrogen-bond donors (Lipinski definition) is 2. The van der Waals surface area contributed by atoms with Gasteiger partial charge >= 0.3 is 0 Å². The lowest BCUT2D eigenvalue weighted by molar-refractivity contribution is -0.115. The van der Waals surface area contributed by atoms with Gasteiger partial charge < -0.3 is 15.0 Å². The zero-order valence-corrected chi connectivity index (χ0v) is 5.54. The van der Waals surface area contributed by atoms with Gasteiger partial charge in [0.15, 0.2) is 0 Å². The summed E-state index contributed by atoms with van der Waals surface area (Å²) in [6, 6.07) is 0. The summed E-state index contributed by atoms with van der Waals surface area (Å²) in [7, 11) is 0. The Balaban J connectivity index is 2.34. The number of carbonyl (C=O) groups is 1. The Bertz CT molecular complexity index is 117. The molecule has 0 radical (unpaired) electrons. The van der Waals surface area contributed by atoms with E-state index in [0.29, 0.717) is 12.0 Å². The summed E-state index contributed by atoms with van der Waals surface area (Å²) in [5, 5.41) is 17.4. The first-order valence-electron chi connectivity index (χ1n) is 2.68. The minimum atomic E-state index is -0.987. The monoisotopic (exact) mass is 148 g/mol. The molecule has 4 heteroatoms. The molecule has 1 heterocycles. The summed E-state index contributed by atoms with van der Waals surface area (Å²) in [6.07, 6.45) is -1.02. The summed E-state index contributed by atoms with van der Waals surface area (Å²) in [5.74, 6) is 0.634. The molecule has 3 nitrogen and oxygen atoms in total. The van der Waals surface area contributed by atoms with Crippen molar-refractivity contribution in [3.63, 3.8) is 0 Å². The maximum Gasteiger partial charge on any atom is 0.149 e. The van der Waals surface area contributed by atoms with E-state index in [1.807, 2.05) is 0 Å². The lowest BCUT2D eigenvalue weighted by Gasteiger charge is -2.32. The van der Waals surface area contributed by atoms with Crippen LogP contribution in [-0.2, 0) is 4.79 Å². The molecular weight excluding hydrogens is 140 g/mol. The van der Waals surface area contributed by atoms with Crippen molar-refractivity contribution in [2.45, 2.75) is 17.5 Å². The molecule has 0 bridgehead atoms. The molecule has 0 amide bonds. The van der Waals surface area contributed by atoms with Crippen molar-refractivity contribution < 1.29 is 15.0 Å². The Morgan fingerprint density at radius 2 is 2.44 bits per heavy atom. The van der Waals surface area contributed by atoms with Gasteiger partial charge in [-0.15, -0.1) is 11.8 Å². The highest BCUT2D eigenvalue weighted by atomic mass is 32.2. The molecule has 52 valence electrons. The normalized spacial score (nSPS) is 37.1. The largest absolute Gasteiger partial charge is 0.391 e. The van der Waals surface area contributed by atoms with Crippen LogP contribution < -0.4 is 0 Å². The fourth-order valence-electron chi connectivity index (χ4n) is 0.697. The second kappa shape index (κ2) is 2.68. The Labute approximate surface area is 57.1 Å². The molecule has 0 aromatic carbocycles. The molecule has 2 N–H and O–H groups in total. The van der Waals surface area contributed by atoms with E-state index < -0.39 is 12.2 Å². The van der Waals surface area contributed by atoms with Crippen LogP contribution in [0.15, 0.2) is 0 Å². The molecule has 0 spiro atoms. The molecule has 1 saturated heterocycles. The lowest BCUT2D eigenvalue weighted by Crippen LogP contribution is -2.45. The lowest BCUT2D eigenvalue weighted by atomic mass is 10.2. The van der Waals surface area contributed by atoms with Gasteiger partial charge in [0.25, 0.3) is 0 Å². The van der Waals surface area contributed by atoms with E-state index in [0.717, 1.165) is 0 Å². The van der Waals surface area contributed by atoms with Gasteiger partial charge in [0, 0.05) is 5.75 Å². The molecule has 1 aliphatic heterocycles. The van der Waals surface area contributed by atoms with Crippen molar-refractivity contribution in [3.8, 4) is 0 Å². The molecule has 3 unspecified atom stereocenters. The molecule has 3 atom stereocenters. The van der Waals surface area contributed by atoms with Crippen molar-refractivity contribution in [1.82, 2.24) is 0 Å². The third-order valence-electron chi connectivity index (χ3n) is 1.31. The first kappa shape index (κ1) is 7.05. The molecule has 0 aliphatic carbocycles. The third-order valence-corrected chi connectivity index (χ3v) is 2.83. The summed E-state index contributed by atoms with van der Waals surface area (Å²) in [5.41, 5.74) is 0. The van der Waals surface area contributed by atoms with Gasteiger partial charge in [-0.2, -0.15) is 0 Å². The summed E-state index contributed by atoms with van der Waals surface area (Å²) in [6.45, 7) is 0. The van der Waals surface area contributed by atoms with Gasteiger partial charge in [-0.25, -0.2) is 0 Å². The summed E-state index contributed by atoms with van der Waals surface area (Å²) < 4.78 is 0. The van der Waals surface area contributed by atoms with Crippen molar-refractivity contribution in [2.24, 2.45) is 0 Å². The number of aliphatic hydroxyl groups is 2. The van der Waals surface area contributed by atoms with Gasteiger partial charge in [-0.1, -0.05) is 0 Å². The molecule has 1 rings (SSSR count). The molecule has 0 aromatic rings. The van der Waals surface area contributed by atoms with Crippen molar-refractivity contribution in [3.05, 3.63) is 0 Å². The minimum absolute atomic E-state index is 0.275. The van der Waals surface area contributed by atoms with Crippen molar-refractivity contribution in [1.29, 1.82) is 0 Å². The smallest absolute Gasteiger partial charge is 0.149 e. The Hall–Kier alpha value is -0.0600. The van der Waals surface area contributed by atoms with Crippen LogP contribution in [0.4, 0.5) is 0 Å². The number of thioether (sulfide) groups is 1. The second-order valence-corrected chi connectivity index (χ2v) is 3.20. The van der Waals surface area contributed by atoms with Gasteiger partial charge in [0.1, 0.15) is 12.4 Å². The maximum absolute atomic E-state index is 9.91. The number of hydrogen-bond acceptors (Lipinski definition) is 4. The quantitative estimate of drug-likeness (QED) is 0.494. The molecule has 1 aliphatic rings. The van der Waals surface area contributed by atoms with Gasteiger partial charge in [-0.3, -0.25) is 0 Å². The van der Waals surface area contributed by atoms with E-state index in [1.165, 1.54) is 11.8 Å². The first-order valence-corrected chi connectivity index (χ1v) is 3.73. The fourth-order valence-corrected chi connectivity index (χ4v) is 1.55. The van der Waals surface area contributed by atoms with E-state index in [2.05, 4.69) is 0 Å². The summed E-state index contributed by atoms with van der Waals surface area (Å²) >= 11 is 1.41. The van der Waals surface area contributed by atoms with E-state index >= 15 is 0 Å². The number of carbonyl (C=O) groups excluding carboxylic acids is 1. The Kier molecular flexibility index (Phi) is 2.10. The average Bonchev–Trinajstić information content (AvgIpc) is 1.84. The standard InChI is InChI=1S/C5H8O3S/c6-1-3(7)5-4(8)2-9-5/h1,3-5,7-8H,2H2. The Morgan fingerprint density at radius 1 is 1.78 bits per heavy atom. The number of rotatable bonds is 2. The van der Waals surface area contributed by atoms with E-state index in [4.69, 9.17) is 10.2 Å². The van der Waals surface area contributed by atoms with E-state index in [-0.39, 0.29) is 5.25 Å². The van der Waals surface area contributed by atoms with Gasteiger partial charge in [-0.05, 0) is 0 Å². The molecule has 1 fully saturated rings. The predicted octanol–water partition coefficient (Wildman–Crippen LogP) is -0.978. The second-order valence-electron chi connectivity index (χ2n) is 1.99. The van der Waals surface area contributed by atoms with Gasteiger partial charge in [0.2, 0.25) is 0 Å². The molecule has 9 heavy (non-hydrogen) atoms. The maximum atomic E-state index is 9.91. The average molecular weight is 148 g/mol. The molecule has 0 aromatic heterocycles. The van der Waals surface area contributed by atoms with Crippen LogP contribution in [0, 0.1) is 0 Å². The number of aliphatic hydroxyl groups excluding tert-OH is 2.